The maximum absolute atomic E-state index is 12.8. The first-order valence-corrected chi connectivity index (χ1v) is 10.1. The zero-order valence-electron chi connectivity index (χ0n) is 16.4. The lowest BCUT2D eigenvalue weighted by molar-refractivity contribution is 0.205. The molecule has 0 radical (unpaired) electrons. The molecule has 1 fully saturated rings. The zero-order valence-corrected chi connectivity index (χ0v) is 16.4. The second-order valence-corrected chi connectivity index (χ2v) is 7.22. The lowest BCUT2D eigenvalue weighted by Gasteiger charge is -2.30. The minimum absolute atomic E-state index is 0.127. The van der Waals surface area contributed by atoms with Gasteiger partial charge in [-0.3, -0.25) is 0 Å². The third kappa shape index (κ3) is 4.03. The Bertz CT molecular complexity index is 835. The zero-order chi connectivity index (χ0) is 19.3. The summed E-state index contributed by atoms with van der Waals surface area (Å²) >= 11 is 0. The molecule has 3 heterocycles. The average molecular weight is 381 g/mol. The van der Waals surface area contributed by atoms with Gasteiger partial charge in [0.25, 0.3) is 0 Å². The molecule has 0 unspecified atom stereocenters. The number of carbonyl (C=O) groups is 1. The van der Waals surface area contributed by atoms with Crippen molar-refractivity contribution in [3.8, 4) is 5.75 Å². The number of para-hydroxylation sites is 2. The minimum Gasteiger partial charge on any atom is -0.492 e. The predicted octanol–water partition coefficient (Wildman–Crippen LogP) is 3.46. The van der Waals surface area contributed by atoms with Gasteiger partial charge in [0.15, 0.2) is 0 Å². The molecule has 7 nitrogen and oxygen atoms in total. The summed E-state index contributed by atoms with van der Waals surface area (Å²) in [4.78, 5) is 26.2. The molecule has 1 N–H and O–H groups in total. The summed E-state index contributed by atoms with van der Waals surface area (Å²) in [5, 5.41) is 2.97. The minimum atomic E-state index is -0.127. The van der Waals surface area contributed by atoms with E-state index < -0.39 is 0 Å². The SMILES string of the molecule is CCOc1ccccc1NC(=O)N1CCc2nc(N3CCCCC3)ncc2C1. The number of urea groups is 1. The predicted molar refractivity (Wildman–Crippen MR) is 109 cm³/mol. The Hall–Kier alpha value is -2.83. The topological polar surface area (TPSA) is 70.6 Å². The third-order valence-electron chi connectivity index (χ3n) is 5.28. The molecular weight excluding hydrogens is 354 g/mol. The van der Waals surface area contributed by atoms with Crippen molar-refractivity contribution in [1.82, 2.24) is 14.9 Å². The van der Waals surface area contributed by atoms with Gasteiger partial charge in [0.2, 0.25) is 5.95 Å². The smallest absolute Gasteiger partial charge is 0.322 e. The molecule has 7 heteroatoms. The fourth-order valence-electron chi connectivity index (χ4n) is 3.77. The number of carbonyl (C=O) groups excluding carboxylic acids is 1. The standard InChI is InChI=1S/C21H27N5O2/c1-2-28-19-9-5-4-8-18(19)24-21(27)26-13-10-17-16(15-26)14-22-20(23-17)25-11-6-3-7-12-25/h4-5,8-9,14H,2-3,6-7,10-13,15H2,1H3,(H,24,27). The van der Waals surface area contributed by atoms with Gasteiger partial charge in [0, 0.05) is 37.8 Å². The van der Waals surface area contributed by atoms with E-state index in [0.717, 1.165) is 36.7 Å². The number of amides is 2. The van der Waals surface area contributed by atoms with Gasteiger partial charge in [0.05, 0.1) is 24.5 Å². The van der Waals surface area contributed by atoms with Gasteiger partial charge >= 0.3 is 6.03 Å². The van der Waals surface area contributed by atoms with E-state index in [1.807, 2.05) is 37.4 Å². The van der Waals surface area contributed by atoms with Crippen LogP contribution in [0.1, 0.15) is 37.4 Å². The Morgan fingerprint density at radius 1 is 1.18 bits per heavy atom. The van der Waals surface area contributed by atoms with E-state index >= 15 is 0 Å². The molecular formula is C21H27N5O2. The third-order valence-corrected chi connectivity index (χ3v) is 5.28. The van der Waals surface area contributed by atoms with Gasteiger partial charge in [-0.1, -0.05) is 12.1 Å². The fourth-order valence-corrected chi connectivity index (χ4v) is 3.77. The lowest BCUT2D eigenvalue weighted by atomic mass is 10.1. The summed E-state index contributed by atoms with van der Waals surface area (Å²) in [6.07, 6.45) is 6.34. The fraction of sp³-hybridized carbons (Fsp3) is 0.476. The van der Waals surface area contributed by atoms with Crippen molar-refractivity contribution in [3.05, 3.63) is 41.7 Å². The Labute approximate surface area is 165 Å². The van der Waals surface area contributed by atoms with Gasteiger partial charge in [-0.15, -0.1) is 0 Å². The summed E-state index contributed by atoms with van der Waals surface area (Å²) in [6, 6.07) is 7.38. The summed E-state index contributed by atoms with van der Waals surface area (Å²) in [7, 11) is 0. The number of nitrogens with zero attached hydrogens (tertiary/aromatic N) is 4. The van der Waals surface area contributed by atoms with Crippen LogP contribution in [0.5, 0.6) is 5.75 Å². The number of nitrogens with one attached hydrogen (secondary N) is 1. The van der Waals surface area contributed by atoms with Crippen molar-refractivity contribution in [1.29, 1.82) is 0 Å². The molecule has 1 saturated heterocycles. The van der Waals surface area contributed by atoms with E-state index in [2.05, 4.69) is 15.2 Å². The second kappa shape index (κ2) is 8.46. The number of rotatable bonds is 4. The molecule has 2 aromatic rings. The molecule has 2 aliphatic heterocycles. The highest BCUT2D eigenvalue weighted by Gasteiger charge is 2.24. The Kier molecular flexibility index (Phi) is 5.60. The van der Waals surface area contributed by atoms with Crippen LogP contribution in [0.25, 0.3) is 0 Å². The van der Waals surface area contributed by atoms with E-state index in [0.29, 0.717) is 31.1 Å². The maximum Gasteiger partial charge on any atom is 0.322 e. The number of hydrogen-bond donors (Lipinski definition) is 1. The highest BCUT2D eigenvalue weighted by Crippen LogP contribution is 2.26. The molecule has 1 aromatic heterocycles. The van der Waals surface area contributed by atoms with Gasteiger partial charge in [-0.05, 0) is 38.3 Å². The van der Waals surface area contributed by atoms with Gasteiger partial charge in [-0.25, -0.2) is 14.8 Å². The van der Waals surface area contributed by atoms with Crippen molar-refractivity contribution >= 4 is 17.7 Å². The van der Waals surface area contributed by atoms with Crippen LogP contribution in [0, 0.1) is 0 Å². The number of aromatic nitrogens is 2. The molecule has 28 heavy (non-hydrogen) atoms. The van der Waals surface area contributed by atoms with E-state index in [1.165, 1.54) is 19.3 Å². The number of benzene rings is 1. The summed E-state index contributed by atoms with van der Waals surface area (Å²) in [6.45, 7) is 5.72. The molecule has 0 atom stereocenters. The summed E-state index contributed by atoms with van der Waals surface area (Å²) < 4.78 is 5.59. The highest BCUT2D eigenvalue weighted by atomic mass is 16.5. The average Bonchev–Trinajstić information content (AvgIpc) is 2.75. The van der Waals surface area contributed by atoms with Gasteiger partial charge in [0.1, 0.15) is 5.75 Å². The van der Waals surface area contributed by atoms with E-state index in [4.69, 9.17) is 9.72 Å². The van der Waals surface area contributed by atoms with Crippen molar-refractivity contribution < 1.29 is 9.53 Å². The molecule has 148 valence electrons. The number of anilines is 2. The first-order chi connectivity index (χ1) is 13.7. The van der Waals surface area contributed by atoms with Crippen LogP contribution >= 0.6 is 0 Å². The molecule has 2 aliphatic rings. The van der Waals surface area contributed by atoms with Crippen LogP contribution in [0.4, 0.5) is 16.4 Å². The van der Waals surface area contributed by atoms with E-state index in [-0.39, 0.29) is 6.03 Å². The van der Waals surface area contributed by atoms with Crippen LogP contribution in [-0.4, -0.2) is 47.1 Å². The molecule has 0 bridgehead atoms. The van der Waals surface area contributed by atoms with Crippen LogP contribution in [0.3, 0.4) is 0 Å². The number of piperidine rings is 1. The molecule has 0 spiro atoms. The maximum atomic E-state index is 12.8. The molecule has 0 saturated carbocycles. The first kappa shape index (κ1) is 18.5. The number of ether oxygens (including phenoxy) is 1. The van der Waals surface area contributed by atoms with Gasteiger partial charge < -0.3 is 19.9 Å². The quantitative estimate of drug-likeness (QED) is 0.878. The van der Waals surface area contributed by atoms with Crippen LogP contribution in [0.15, 0.2) is 30.5 Å². The molecule has 0 aliphatic carbocycles. The Balaban J connectivity index is 1.43. The van der Waals surface area contributed by atoms with E-state index in [1.54, 1.807) is 4.90 Å². The second-order valence-electron chi connectivity index (χ2n) is 7.22. The van der Waals surface area contributed by atoms with Crippen LogP contribution in [-0.2, 0) is 13.0 Å². The van der Waals surface area contributed by atoms with Crippen molar-refractivity contribution in [3.63, 3.8) is 0 Å². The monoisotopic (exact) mass is 381 g/mol. The van der Waals surface area contributed by atoms with Crippen LogP contribution < -0.4 is 15.0 Å². The Morgan fingerprint density at radius 3 is 2.82 bits per heavy atom. The number of fused-ring (bicyclic) bond motifs is 1. The largest absolute Gasteiger partial charge is 0.492 e. The lowest BCUT2D eigenvalue weighted by Crippen LogP contribution is -2.39. The highest BCUT2D eigenvalue weighted by molar-refractivity contribution is 5.91. The van der Waals surface area contributed by atoms with Crippen molar-refractivity contribution in [2.45, 2.75) is 39.2 Å². The summed E-state index contributed by atoms with van der Waals surface area (Å²) in [5.41, 5.74) is 2.78. The number of hydrogen-bond acceptors (Lipinski definition) is 5. The molecule has 4 rings (SSSR count). The Morgan fingerprint density at radius 2 is 2.00 bits per heavy atom. The van der Waals surface area contributed by atoms with Crippen molar-refractivity contribution in [2.24, 2.45) is 0 Å². The summed E-state index contributed by atoms with van der Waals surface area (Å²) in [5.74, 6) is 1.52. The van der Waals surface area contributed by atoms with Crippen LogP contribution in [0.2, 0.25) is 0 Å². The van der Waals surface area contributed by atoms with Gasteiger partial charge in [-0.2, -0.15) is 0 Å². The molecule has 2 amide bonds. The first-order valence-electron chi connectivity index (χ1n) is 10.1. The normalized spacial score (nSPS) is 16.5. The van der Waals surface area contributed by atoms with E-state index in [9.17, 15) is 4.79 Å². The van der Waals surface area contributed by atoms with Crippen molar-refractivity contribution in [2.75, 3.05) is 36.5 Å². The molecule has 1 aromatic carbocycles.